The number of carbonyl (C=O) groups is 2. The van der Waals surface area contributed by atoms with Crippen LogP contribution < -0.4 is 0 Å². The molecule has 0 bridgehead atoms. The Labute approximate surface area is 127 Å². The molecule has 120 valence electrons. The van der Waals surface area contributed by atoms with Gasteiger partial charge in [-0.1, -0.05) is 40.7 Å². The van der Waals surface area contributed by atoms with Crippen LogP contribution in [0.5, 0.6) is 0 Å². The number of hydrogen-bond donors (Lipinski definition) is 0. The number of esters is 2. The molecule has 0 aromatic rings. The summed E-state index contributed by atoms with van der Waals surface area (Å²) in [6, 6.07) is 0. The summed E-state index contributed by atoms with van der Waals surface area (Å²) in [5.74, 6) is -0.576. The minimum absolute atomic E-state index is 0.0268. The zero-order valence-electron chi connectivity index (χ0n) is 14.1. The predicted octanol–water partition coefficient (Wildman–Crippen LogP) is 3.50. The van der Waals surface area contributed by atoms with Crippen LogP contribution in [0, 0.1) is 17.3 Å². The Morgan fingerprint density at radius 1 is 1.33 bits per heavy atom. The van der Waals surface area contributed by atoms with E-state index >= 15 is 0 Å². The van der Waals surface area contributed by atoms with Crippen LogP contribution in [0.3, 0.4) is 0 Å². The Balaban J connectivity index is 2.76. The molecule has 0 amide bonds. The molecule has 2 atom stereocenters. The highest BCUT2D eigenvalue weighted by molar-refractivity contribution is 5.71. The van der Waals surface area contributed by atoms with E-state index in [2.05, 4.69) is 19.9 Å². The van der Waals surface area contributed by atoms with Crippen LogP contribution in [0.15, 0.2) is 11.6 Å². The maximum atomic E-state index is 11.8. The standard InChI is InChI=1S/C17H28O4/c1-7-8-14(18)21-15-12(4)9-17(5,6)13(15)10-20-16(19)11(2)3/h9,11,13,15H,7-8,10H2,1-6H3/t13-,15+/m0/s1. The molecule has 1 rings (SSSR count). The Hall–Kier alpha value is -1.32. The van der Waals surface area contributed by atoms with Crippen LogP contribution in [0.2, 0.25) is 0 Å². The van der Waals surface area contributed by atoms with Gasteiger partial charge in [-0.25, -0.2) is 0 Å². The molecular formula is C17H28O4. The first-order chi connectivity index (χ1) is 9.69. The van der Waals surface area contributed by atoms with Crippen molar-refractivity contribution >= 4 is 11.9 Å². The SMILES string of the molecule is CCCC(=O)O[C@@H]1C(C)=CC(C)(C)[C@H]1COC(=O)C(C)C. The summed E-state index contributed by atoms with van der Waals surface area (Å²) >= 11 is 0. The molecule has 0 N–H and O–H groups in total. The van der Waals surface area contributed by atoms with Gasteiger partial charge in [0.05, 0.1) is 12.5 Å². The smallest absolute Gasteiger partial charge is 0.308 e. The summed E-state index contributed by atoms with van der Waals surface area (Å²) in [4.78, 5) is 23.5. The first kappa shape index (κ1) is 17.7. The second-order valence-electron chi connectivity index (χ2n) is 6.76. The molecule has 4 nitrogen and oxygen atoms in total. The van der Waals surface area contributed by atoms with Crippen LogP contribution in [-0.4, -0.2) is 24.6 Å². The van der Waals surface area contributed by atoms with E-state index in [0.717, 1.165) is 12.0 Å². The van der Waals surface area contributed by atoms with Gasteiger partial charge in [0.15, 0.2) is 0 Å². The summed E-state index contributed by atoms with van der Waals surface area (Å²) in [5.41, 5.74) is 0.883. The van der Waals surface area contributed by atoms with Crippen molar-refractivity contribution in [2.45, 2.75) is 60.5 Å². The normalized spacial score (nSPS) is 23.9. The van der Waals surface area contributed by atoms with Crippen molar-refractivity contribution in [2.75, 3.05) is 6.61 Å². The first-order valence-corrected chi connectivity index (χ1v) is 7.74. The highest BCUT2D eigenvalue weighted by Crippen LogP contribution is 2.42. The van der Waals surface area contributed by atoms with E-state index in [1.54, 1.807) is 0 Å². The van der Waals surface area contributed by atoms with Crippen molar-refractivity contribution in [1.82, 2.24) is 0 Å². The molecule has 1 aliphatic carbocycles. The predicted molar refractivity (Wildman–Crippen MR) is 81.6 cm³/mol. The summed E-state index contributed by atoms with van der Waals surface area (Å²) in [6.45, 7) is 12.0. The maximum Gasteiger partial charge on any atom is 0.308 e. The zero-order chi connectivity index (χ0) is 16.2. The van der Waals surface area contributed by atoms with Gasteiger partial charge in [0, 0.05) is 12.3 Å². The average Bonchev–Trinajstić information content (AvgIpc) is 2.56. The van der Waals surface area contributed by atoms with Gasteiger partial charge >= 0.3 is 11.9 Å². The third-order valence-electron chi connectivity index (χ3n) is 3.96. The molecule has 21 heavy (non-hydrogen) atoms. The van der Waals surface area contributed by atoms with Crippen LogP contribution in [0.4, 0.5) is 0 Å². The zero-order valence-corrected chi connectivity index (χ0v) is 14.1. The second kappa shape index (κ2) is 7.10. The molecule has 0 aromatic heterocycles. The molecular weight excluding hydrogens is 268 g/mol. The first-order valence-electron chi connectivity index (χ1n) is 7.74. The third-order valence-corrected chi connectivity index (χ3v) is 3.96. The average molecular weight is 296 g/mol. The molecule has 0 radical (unpaired) electrons. The Kier molecular flexibility index (Phi) is 5.99. The van der Waals surface area contributed by atoms with Crippen molar-refractivity contribution in [3.05, 3.63) is 11.6 Å². The van der Waals surface area contributed by atoms with Crippen LogP contribution >= 0.6 is 0 Å². The lowest BCUT2D eigenvalue weighted by Gasteiger charge is -2.30. The largest absolute Gasteiger partial charge is 0.465 e. The molecule has 4 heteroatoms. The van der Waals surface area contributed by atoms with E-state index in [1.807, 2.05) is 27.7 Å². The number of allylic oxidation sites excluding steroid dienone is 1. The van der Waals surface area contributed by atoms with Gasteiger partial charge in [-0.2, -0.15) is 0 Å². The van der Waals surface area contributed by atoms with Crippen LogP contribution in [-0.2, 0) is 19.1 Å². The fourth-order valence-electron chi connectivity index (χ4n) is 2.70. The van der Waals surface area contributed by atoms with E-state index < -0.39 is 0 Å². The third kappa shape index (κ3) is 4.58. The summed E-state index contributed by atoms with van der Waals surface area (Å²) < 4.78 is 11.0. The van der Waals surface area contributed by atoms with Gasteiger partial charge < -0.3 is 9.47 Å². The summed E-state index contributed by atoms with van der Waals surface area (Å²) in [7, 11) is 0. The van der Waals surface area contributed by atoms with Gasteiger partial charge in [-0.05, 0) is 24.3 Å². The lowest BCUT2D eigenvalue weighted by molar-refractivity contribution is -0.156. The molecule has 1 aliphatic rings. The summed E-state index contributed by atoms with van der Waals surface area (Å²) in [5, 5.41) is 0. The van der Waals surface area contributed by atoms with Crippen LogP contribution in [0.1, 0.15) is 54.4 Å². The quantitative estimate of drug-likeness (QED) is 0.556. The van der Waals surface area contributed by atoms with E-state index in [-0.39, 0.29) is 41.9 Å². The number of hydrogen-bond acceptors (Lipinski definition) is 4. The van der Waals surface area contributed by atoms with Gasteiger partial charge in [0.25, 0.3) is 0 Å². The van der Waals surface area contributed by atoms with Gasteiger partial charge in [0.1, 0.15) is 6.10 Å². The van der Waals surface area contributed by atoms with Gasteiger partial charge in [-0.3, -0.25) is 9.59 Å². The maximum absolute atomic E-state index is 11.8. The van der Waals surface area contributed by atoms with Gasteiger partial charge in [0.2, 0.25) is 0 Å². The van der Waals surface area contributed by atoms with E-state index in [1.165, 1.54) is 0 Å². The molecule has 0 saturated heterocycles. The van der Waals surface area contributed by atoms with Crippen molar-refractivity contribution < 1.29 is 19.1 Å². The Morgan fingerprint density at radius 2 is 1.95 bits per heavy atom. The topological polar surface area (TPSA) is 52.6 Å². The van der Waals surface area contributed by atoms with Gasteiger partial charge in [-0.15, -0.1) is 0 Å². The van der Waals surface area contributed by atoms with E-state index in [0.29, 0.717) is 6.42 Å². The minimum atomic E-state index is -0.293. The van der Waals surface area contributed by atoms with Crippen LogP contribution in [0.25, 0.3) is 0 Å². The minimum Gasteiger partial charge on any atom is -0.465 e. The number of carbonyl (C=O) groups excluding carboxylic acids is 2. The van der Waals surface area contributed by atoms with Crippen molar-refractivity contribution in [3.8, 4) is 0 Å². The molecule has 0 aromatic carbocycles. The molecule has 0 spiro atoms. The summed E-state index contributed by atoms with van der Waals surface area (Å²) in [6.07, 6.45) is 3.01. The fourth-order valence-corrected chi connectivity index (χ4v) is 2.70. The monoisotopic (exact) mass is 296 g/mol. The van der Waals surface area contributed by atoms with Crippen molar-refractivity contribution in [3.63, 3.8) is 0 Å². The lowest BCUT2D eigenvalue weighted by atomic mass is 9.81. The highest BCUT2D eigenvalue weighted by atomic mass is 16.6. The van der Waals surface area contributed by atoms with E-state index in [9.17, 15) is 9.59 Å². The fraction of sp³-hybridized carbons (Fsp3) is 0.765. The molecule has 0 unspecified atom stereocenters. The van der Waals surface area contributed by atoms with Crippen molar-refractivity contribution in [1.29, 1.82) is 0 Å². The molecule has 0 aliphatic heterocycles. The highest BCUT2D eigenvalue weighted by Gasteiger charge is 2.43. The Bertz CT molecular complexity index is 421. The second-order valence-corrected chi connectivity index (χ2v) is 6.76. The van der Waals surface area contributed by atoms with E-state index in [4.69, 9.17) is 9.47 Å². The Morgan fingerprint density at radius 3 is 2.48 bits per heavy atom. The number of ether oxygens (including phenoxy) is 2. The van der Waals surface area contributed by atoms with Crippen molar-refractivity contribution in [2.24, 2.45) is 17.3 Å². The molecule has 0 fully saturated rings. The lowest BCUT2D eigenvalue weighted by Crippen LogP contribution is -2.36. The number of rotatable bonds is 6. The molecule has 0 heterocycles. The molecule has 0 saturated carbocycles.